The normalized spacial score (nSPS) is 13.2. The van der Waals surface area contributed by atoms with Crippen LogP contribution < -0.4 is 5.11 Å². The Balaban J connectivity index is 0. The molecule has 3 nitrogen and oxygen atoms in total. The Kier molecular flexibility index (Phi) is 26.1. The lowest BCUT2D eigenvalue weighted by Crippen LogP contribution is -2.44. The van der Waals surface area contributed by atoms with Gasteiger partial charge in [-0.05, 0) is 52.4 Å². The predicted molar refractivity (Wildman–Crippen MR) is 153 cm³/mol. The lowest BCUT2D eigenvalue weighted by atomic mass is 10.0. The molecule has 0 aliphatic heterocycles. The van der Waals surface area contributed by atoms with Crippen LogP contribution in [0.1, 0.15) is 143 Å². The van der Waals surface area contributed by atoms with Gasteiger partial charge in [-0.25, -0.2) is 0 Å². The van der Waals surface area contributed by atoms with Crippen molar-refractivity contribution in [3.8, 4) is 0 Å². The third-order valence-electron chi connectivity index (χ3n) is 7.21. The van der Waals surface area contributed by atoms with Crippen LogP contribution in [0.15, 0.2) is 4.99 Å². The molecule has 4 heteroatoms. The molecule has 0 aromatic rings. The van der Waals surface area contributed by atoms with Crippen LogP contribution in [0.3, 0.4) is 0 Å². The van der Waals surface area contributed by atoms with Crippen molar-refractivity contribution in [3.63, 3.8) is 0 Å². The van der Waals surface area contributed by atoms with Crippen LogP contribution in [-0.2, 0) is 0 Å². The highest BCUT2D eigenvalue weighted by Gasteiger charge is 2.15. The number of quaternary nitrogens is 1. The van der Waals surface area contributed by atoms with Crippen molar-refractivity contribution in [3.05, 3.63) is 0 Å². The molecule has 0 saturated heterocycles. The van der Waals surface area contributed by atoms with E-state index >= 15 is 0 Å². The molecule has 0 aliphatic rings. The number of unbranched alkanes of at least 4 members (excludes halogenated alkanes) is 14. The number of hydrogen-bond acceptors (Lipinski definition) is 2. The molecule has 0 heterocycles. The van der Waals surface area contributed by atoms with Crippen molar-refractivity contribution in [2.45, 2.75) is 149 Å². The van der Waals surface area contributed by atoms with E-state index < -0.39 is 0 Å². The first kappa shape index (κ1) is 34.3. The zero-order valence-electron chi connectivity index (χ0n) is 22.6. The van der Waals surface area contributed by atoms with E-state index in [1.165, 1.54) is 110 Å². The van der Waals surface area contributed by atoms with Crippen LogP contribution in [0.2, 0.25) is 0 Å². The molecule has 0 rings (SSSR count). The Labute approximate surface area is 219 Å². The van der Waals surface area contributed by atoms with Gasteiger partial charge in [-0.2, -0.15) is 0 Å². The van der Waals surface area contributed by atoms with Crippen LogP contribution in [0.25, 0.3) is 0 Å². The minimum atomic E-state index is 0. The molecule has 0 N–H and O–H groups in total. The van der Waals surface area contributed by atoms with Crippen LogP contribution >= 0.6 is 24.0 Å². The second-order valence-electron chi connectivity index (χ2n) is 10.2. The molecular formula is C28H59IN2O. The molecule has 194 valence electrons. The second-order valence-corrected chi connectivity index (χ2v) is 10.2. The van der Waals surface area contributed by atoms with Crippen molar-refractivity contribution in [2.24, 2.45) is 4.99 Å². The summed E-state index contributed by atoms with van der Waals surface area (Å²) in [6.45, 7) is 12.5. The fourth-order valence-electron chi connectivity index (χ4n) is 4.33. The molecule has 1 atom stereocenters. The van der Waals surface area contributed by atoms with Gasteiger partial charge in [0.05, 0.1) is 26.7 Å². The molecule has 0 amide bonds. The van der Waals surface area contributed by atoms with E-state index in [0.29, 0.717) is 6.42 Å². The van der Waals surface area contributed by atoms with Crippen LogP contribution in [0, 0.1) is 0 Å². The minimum Gasteiger partial charge on any atom is -0.862 e. The molecule has 0 aliphatic carbocycles. The molecule has 0 radical (unpaired) electrons. The third-order valence-corrected chi connectivity index (χ3v) is 7.21. The lowest BCUT2D eigenvalue weighted by molar-refractivity contribution is -0.906. The van der Waals surface area contributed by atoms with Gasteiger partial charge >= 0.3 is 0 Å². The smallest absolute Gasteiger partial charge is 0.0785 e. The van der Waals surface area contributed by atoms with E-state index in [0.717, 1.165) is 23.7 Å². The summed E-state index contributed by atoms with van der Waals surface area (Å²) in [6, 6.07) is 0.186. The predicted octanol–water partition coefficient (Wildman–Crippen LogP) is 8.28. The summed E-state index contributed by atoms with van der Waals surface area (Å²) in [5.74, 6) is 0.130. The summed E-state index contributed by atoms with van der Waals surface area (Å²) in [6.07, 6.45) is 23.3. The standard InChI is InChI=1S/C28H58N2O.HI/c1-6-9-10-11-12-13-14-15-16-17-18-19-20-21-22-25-28(31)29-27(4)24-23-26-30(5,7-2)8-3;/h27H,6-26H2,1-5H3;1H. The van der Waals surface area contributed by atoms with Gasteiger partial charge in [0, 0.05) is 6.04 Å². The maximum Gasteiger partial charge on any atom is 0.0785 e. The van der Waals surface area contributed by atoms with Crippen molar-refractivity contribution in [1.82, 2.24) is 0 Å². The molecule has 32 heavy (non-hydrogen) atoms. The molecule has 0 fully saturated rings. The average molecular weight is 567 g/mol. The van der Waals surface area contributed by atoms with Crippen molar-refractivity contribution >= 4 is 29.9 Å². The van der Waals surface area contributed by atoms with Crippen LogP contribution in [-0.4, -0.2) is 43.1 Å². The van der Waals surface area contributed by atoms with E-state index in [2.05, 4.69) is 39.7 Å². The van der Waals surface area contributed by atoms with E-state index in [1.54, 1.807) is 0 Å². The number of halogens is 1. The monoisotopic (exact) mass is 566 g/mol. The van der Waals surface area contributed by atoms with Gasteiger partial charge in [-0.15, -0.1) is 24.0 Å². The largest absolute Gasteiger partial charge is 0.862 e. The van der Waals surface area contributed by atoms with E-state index in [-0.39, 0.29) is 35.9 Å². The Morgan fingerprint density at radius 1 is 0.688 bits per heavy atom. The van der Waals surface area contributed by atoms with Gasteiger partial charge in [-0.3, -0.25) is 0 Å². The molecule has 1 unspecified atom stereocenters. The van der Waals surface area contributed by atoms with Gasteiger partial charge in [0.25, 0.3) is 0 Å². The quantitative estimate of drug-likeness (QED) is 0.0403. The average Bonchev–Trinajstić information content (AvgIpc) is 2.76. The first-order valence-corrected chi connectivity index (χ1v) is 14.0. The molecule has 0 aromatic heterocycles. The van der Waals surface area contributed by atoms with Gasteiger partial charge in [0.2, 0.25) is 0 Å². The van der Waals surface area contributed by atoms with Gasteiger partial charge < -0.3 is 14.6 Å². The summed E-state index contributed by atoms with van der Waals surface area (Å²) >= 11 is 0. The topological polar surface area (TPSA) is 35.4 Å². The summed E-state index contributed by atoms with van der Waals surface area (Å²) in [5, 5.41) is 12.1. The van der Waals surface area contributed by atoms with E-state index in [1.807, 2.05) is 0 Å². The van der Waals surface area contributed by atoms with Crippen LogP contribution in [0.5, 0.6) is 0 Å². The number of aliphatic imine (C=N–C) groups is 1. The van der Waals surface area contributed by atoms with Crippen molar-refractivity contribution in [1.29, 1.82) is 0 Å². The molecule has 0 saturated carbocycles. The molecule has 0 bridgehead atoms. The summed E-state index contributed by atoms with van der Waals surface area (Å²) < 4.78 is 1.12. The van der Waals surface area contributed by atoms with E-state index in [9.17, 15) is 5.11 Å². The summed E-state index contributed by atoms with van der Waals surface area (Å²) in [5.41, 5.74) is 0. The summed E-state index contributed by atoms with van der Waals surface area (Å²) in [4.78, 5) is 4.41. The zero-order valence-corrected chi connectivity index (χ0v) is 25.0. The fourth-order valence-corrected chi connectivity index (χ4v) is 4.33. The Morgan fingerprint density at radius 2 is 1.09 bits per heavy atom. The highest BCUT2D eigenvalue weighted by molar-refractivity contribution is 14.0. The SMILES string of the molecule is CCCCCCCCCCCCCCCCCC([O-])=NC(C)CCC[N+](C)(CC)CC.I. The molecule has 0 spiro atoms. The van der Waals surface area contributed by atoms with Gasteiger partial charge in [0.15, 0.2) is 0 Å². The third kappa shape index (κ3) is 22.0. The fraction of sp³-hybridized carbons (Fsp3) is 0.964. The van der Waals surface area contributed by atoms with Crippen molar-refractivity contribution in [2.75, 3.05) is 26.7 Å². The highest BCUT2D eigenvalue weighted by Crippen LogP contribution is 2.14. The Bertz CT molecular complexity index is 410. The maximum absolute atomic E-state index is 12.1. The van der Waals surface area contributed by atoms with E-state index in [4.69, 9.17) is 0 Å². The molecular weight excluding hydrogens is 507 g/mol. The Morgan fingerprint density at radius 3 is 1.50 bits per heavy atom. The first-order chi connectivity index (χ1) is 15.0. The Hall–Kier alpha value is 0.160. The number of rotatable bonds is 23. The molecule has 0 aromatic carbocycles. The van der Waals surface area contributed by atoms with Gasteiger partial charge in [-0.1, -0.05) is 96.8 Å². The second kappa shape index (κ2) is 24.3. The number of nitrogens with zero attached hydrogens (tertiary/aromatic N) is 2. The van der Waals surface area contributed by atoms with Crippen LogP contribution in [0.4, 0.5) is 0 Å². The van der Waals surface area contributed by atoms with Gasteiger partial charge in [0.1, 0.15) is 0 Å². The first-order valence-electron chi connectivity index (χ1n) is 14.0. The highest BCUT2D eigenvalue weighted by atomic mass is 127. The number of hydrogen-bond donors (Lipinski definition) is 0. The lowest BCUT2D eigenvalue weighted by Gasteiger charge is -2.32. The maximum atomic E-state index is 12.1. The zero-order chi connectivity index (χ0) is 23.2. The van der Waals surface area contributed by atoms with Crippen molar-refractivity contribution < 1.29 is 9.59 Å². The summed E-state index contributed by atoms with van der Waals surface area (Å²) in [7, 11) is 2.32. The minimum absolute atomic E-state index is 0.